The van der Waals surface area contributed by atoms with Crippen LogP contribution in [0.1, 0.15) is 21.7 Å². The Morgan fingerprint density at radius 3 is 2.43 bits per heavy atom. The lowest BCUT2D eigenvalue weighted by Crippen LogP contribution is -2.43. The van der Waals surface area contributed by atoms with Gasteiger partial charge in [0.05, 0.1) is 5.69 Å². The number of benzene rings is 1. The fourth-order valence-corrected chi connectivity index (χ4v) is 1.94. The van der Waals surface area contributed by atoms with E-state index in [4.69, 9.17) is 11.6 Å². The number of hydrogen-bond acceptors (Lipinski definition) is 3. The average Bonchev–Trinajstić information content (AvgIpc) is 2.75. The summed E-state index contributed by atoms with van der Waals surface area (Å²) in [7, 11) is 0. The molecular weight excluding hydrogens is 292 g/mol. The van der Waals surface area contributed by atoms with Crippen molar-refractivity contribution in [1.29, 1.82) is 0 Å². The summed E-state index contributed by atoms with van der Waals surface area (Å²) >= 11 is 5.74. The van der Waals surface area contributed by atoms with E-state index in [1.54, 1.807) is 28.9 Å². The molecule has 1 heterocycles. The largest absolute Gasteiger partial charge is 0.271 e. The third-order valence-electron chi connectivity index (χ3n) is 2.82. The van der Waals surface area contributed by atoms with Crippen molar-refractivity contribution in [2.24, 2.45) is 0 Å². The van der Waals surface area contributed by atoms with Crippen molar-refractivity contribution >= 4 is 23.4 Å². The predicted octanol–water partition coefficient (Wildman–Crippen LogP) is 1.61. The molecule has 0 radical (unpaired) electrons. The van der Waals surface area contributed by atoms with E-state index in [2.05, 4.69) is 16.0 Å². The lowest BCUT2D eigenvalue weighted by atomic mass is 10.2. The highest BCUT2D eigenvalue weighted by Gasteiger charge is 2.09. The normalized spacial score (nSPS) is 10.2. The monoisotopic (exact) mass is 306 g/mol. The van der Waals surface area contributed by atoms with Crippen molar-refractivity contribution in [1.82, 2.24) is 20.6 Å². The van der Waals surface area contributed by atoms with Crippen molar-refractivity contribution < 1.29 is 9.59 Å². The molecular formula is C14H15ClN4O2. The van der Waals surface area contributed by atoms with Crippen LogP contribution < -0.4 is 10.9 Å². The number of nitrogens with one attached hydrogen (secondary N) is 2. The minimum Gasteiger partial charge on any atom is -0.271 e. The maximum atomic E-state index is 11.8. The van der Waals surface area contributed by atoms with Crippen LogP contribution in [0.2, 0.25) is 5.02 Å². The summed E-state index contributed by atoms with van der Waals surface area (Å²) in [5.41, 5.74) is 6.82. The maximum Gasteiger partial charge on any atom is 0.269 e. The molecule has 0 aliphatic heterocycles. The molecule has 110 valence electrons. The van der Waals surface area contributed by atoms with Crippen LogP contribution in [0.25, 0.3) is 0 Å². The summed E-state index contributed by atoms with van der Waals surface area (Å²) in [6.07, 6.45) is 0. The topological polar surface area (TPSA) is 76.0 Å². The molecule has 0 fully saturated rings. The van der Waals surface area contributed by atoms with E-state index < -0.39 is 5.91 Å². The first kappa shape index (κ1) is 15.1. The third-order valence-corrected chi connectivity index (χ3v) is 3.07. The van der Waals surface area contributed by atoms with Gasteiger partial charge in [0.15, 0.2) is 0 Å². The number of carbonyl (C=O) groups excluding carboxylic acids is 2. The fraction of sp³-hybridized carbons (Fsp3) is 0.214. The Bertz CT molecular complexity index is 664. The van der Waals surface area contributed by atoms with Crippen molar-refractivity contribution in [2.75, 3.05) is 0 Å². The predicted molar refractivity (Wildman–Crippen MR) is 78.8 cm³/mol. The number of carbonyl (C=O) groups is 2. The molecule has 7 heteroatoms. The van der Waals surface area contributed by atoms with E-state index in [0.717, 1.165) is 11.4 Å². The maximum absolute atomic E-state index is 11.8. The van der Waals surface area contributed by atoms with Crippen LogP contribution in [0.3, 0.4) is 0 Å². The molecule has 1 aromatic carbocycles. The van der Waals surface area contributed by atoms with E-state index in [-0.39, 0.29) is 12.5 Å². The Labute approximate surface area is 127 Å². The first-order valence-corrected chi connectivity index (χ1v) is 6.69. The Kier molecular flexibility index (Phi) is 4.59. The van der Waals surface area contributed by atoms with Crippen LogP contribution in [0.5, 0.6) is 0 Å². The third kappa shape index (κ3) is 4.06. The van der Waals surface area contributed by atoms with Gasteiger partial charge < -0.3 is 0 Å². The second-order valence-electron chi connectivity index (χ2n) is 4.59. The lowest BCUT2D eigenvalue weighted by Gasteiger charge is -2.08. The number of halogens is 1. The lowest BCUT2D eigenvalue weighted by molar-refractivity contribution is -0.122. The molecule has 0 saturated heterocycles. The van der Waals surface area contributed by atoms with Crippen LogP contribution in [0, 0.1) is 13.8 Å². The molecule has 0 aliphatic carbocycles. The number of hydrazine groups is 1. The molecule has 2 rings (SSSR count). The summed E-state index contributed by atoms with van der Waals surface area (Å²) < 4.78 is 1.57. The Morgan fingerprint density at radius 2 is 1.86 bits per heavy atom. The standard InChI is InChI=1S/C14H15ClN4O2/c1-9-7-10(2)19(18-9)8-13(20)16-17-14(21)11-3-5-12(15)6-4-11/h3-7H,8H2,1-2H3,(H,16,20)(H,17,21). The van der Waals surface area contributed by atoms with Gasteiger partial charge in [-0.2, -0.15) is 5.10 Å². The number of hydrogen-bond donors (Lipinski definition) is 2. The average molecular weight is 307 g/mol. The first-order valence-electron chi connectivity index (χ1n) is 6.31. The van der Waals surface area contributed by atoms with Crippen LogP contribution in [0.4, 0.5) is 0 Å². The summed E-state index contributed by atoms with van der Waals surface area (Å²) in [5, 5.41) is 4.72. The number of rotatable bonds is 3. The van der Waals surface area contributed by atoms with E-state index in [1.165, 1.54) is 0 Å². The molecule has 2 aromatic rings. The first-order chi connectivity index (χ1) is 9.95. The zero-order valence-corrected chi connectivity index (χ0v) is 12.4. The molecule has 2 amide bonds. The molecule has 21 heavy (non-hydrogen) atoms. The zero-order valence-electron chi connectivity index (χ0n) is 11.7. The van der Waals surface area contributed by atoms with E-state index in [9.17, 15) is 9.59 Å². The van der Waals surface area contributed by atoms with Crippen molar-refractivity contribution in [3.8, 4) is 0 Å². The van der Waals surface area contributed by atoms with Crippen LogP contribution in [0.15, 0.2) is 30.3 Å². The van der Waals surface area contributed by atoms with Gasteiger partial charge in [0, 0.05) is 16.3 Å². The van der Waals surface area contributed by atoms with Gasteiger partial charge in [0.2, 0.25) is 0 Å². The Hall–Kier alpha value is -2.34. The molecule has 0 unspecified atom stereocenters. The summed E-state index contributed by atoms with van der Waals surface area (Å²) in [6.45, 7) is 3.75. The quantitative estimate of drug-likeness (QED) is 0.846. The van der Waals surface area contributed by atoms with Gasteiger partial charge in [-0.05, 0) is 44.2 Å². The van der Waals surface area contributed by atoms with Crippen LogP contribution >= 0.6 is 11.6 Å². The molecule has 0 saturated carbocycles. The van der Waals surface area contributed by atoms with Gasteiger partial charge in [-0.3, -0.25) is 25.1 Å². The smallest absolute Gasteiger partial charge is 0.269 e. The molecule has 2 N–H and O–H groups in total. The number of aryl methyl sites for hydroxylation is 2. The number of aromatic nitrogens is 2. The Balaban J connectivity index is 1.87. The van der Waals surface area contributed by atoms with Gasteiger partial charge in [0.1, 0.15) is 6.54 Å². The van der Waals surface area contributed by atoms with Crippen molar-refractivity contribution in [3.05, 3.63) is 52.3 Å². The van der Waals surface area contributed by atoms with Crippen LogP contribution in [-0.2, 0) is 11.3 Å². The summed E-state index contributed by atoms with van der Waals surface area (Å²) in [4.78, 5) is 23.5. The number of amides is 2. The van der Waals surface area contributed by atoms with Crippen LogP contribution in [-0.4, -0.2) is 21.6 Å². The van der Waals surface area contributed by atoms with Crippen molar-refractivity contribution in [3.63, 3.8) is 0 Å². The second kappa shape index (κ2) is 6.41. The molecule has 1 aromatic heterocycles. The van der Waals surface area contributed by atoms with Gasteiger partial charge in [0.25, 0.3) is 11.8 Å². The van der Waals surface area contributed by atoms with E-state index in [1.807, 2.05) is 19.9 Å². The second-order valence-corrected chi connectivity index (χ2v) is 5.03. The summed E-state index contributed by atoms with van der Waals surface area (Å²) in [5.74, 6) is -0.767. The van der Waals surface area contributed by atoms with Gasteiger partial charge in [-0.25, -0.2) is 0 Å². The number of nitrogens with zero attached hydrogens (tertiary/aromatic N) is 2. The minimum absolute atomic E-state index is 0.0422. The zero-order chi connectivity index (χ0) is 15.4. The van der Waals surface area contributed by atoms with E-state index >= 15 is 0 Å². The van der Waals surface area contributed by atoms with Crippen molar-refractivity contribution in [2.45, 2.75) is 20.4 Å². The molecule has 0 atom stereocenters. The molecule has 0 bridgehead atoms. The highest BCUT2D eigenvalue weighted by atomic mass is 35.5. The van der Waals surface area contributed by atoms with Gasteiger partial charge >= 0.3 is 0 Å². The highest BCUT2D eigenvalue weighted by Crippen LogP contribution is 2.09. The van der Waals surface area contributed by atoms with E-state index in [0.29, 0.717) is 10.6 Å². The molecule has 0 spiro atoms. The minimum atomic E-state index is -0.409. The van der Waals surface area contributed by atoms with Gasteiger partial charge in [-0.1, -0.05) is 11.6 Å². The summed E-state index contributed by atoms with van der Waals surface area (Å²) in [6, 6.07) is 8.23. The highest BCUT2D eigenvalue weighted by molar-refractivity contribution is 6.30. The Morgan fingerprint density at radius 1 is 1.19 bits per heavy atom. The fourth-order valence-electron chi connectivity index (χ4n) is 1.81. The molecule has 6 nitrogen and oxygen atoms in total. The molecule has 0 aliphatic rings. The SMILES string of the molecule is Cc1cc(C)n(CC(=O)NNC(=O)c2ccc(Cl)cc2)n1. The van der Waals surface area contributed by atoms with Gasteiger partial charge in [-0.15, -0.1) is 0 Å².